The molecule has 0 unspecified atom stereocenters. The Morgan fingerprint density at radius 3 is 1.70 bits per heavy atom. The molecule has 0 fully saturated rings. The molecular formula is C22H27N3O5. The van der Waals surface area contributed by atoms with Gasteiger partial charge in [0.2, 0.25) is 0 Å². The van der Waals surface area contributed by atoms with Crippen molar-refractivity contribution in [2.45, 2.75) is 0 Å². The molecule has 0 radical (unpaired) electrons. The number of rotatable bonds is 0. The second-order valence-electron chi connectivity index (χ2n) is 6.52. The molecule has 0 aromatic heterocycles. The first-order valence-corrected chi connectivity index (χ1v) is 9.93. The van der Waals surface area contributed by atoms with Gasteiger partial charge in [0.25, 0.3) is 0 Å². The molecule has 0 spiro atoms. The number of nitrogens with zero attached hydrogens (tertiary/aromatic N) is 2. The van der Waals surface area contributed by atoms with Crippen LogP contribution in [0.2, 0.25) is 0 Å². The van der Waals surface area contributed by atoms with Gasteiger partial charge in [-0.05, 0) is 24.3 Å². The van der Waals surface area contributed by atoms with Crippen molar-refractivity contribution in [1.82, 2.24) is 5.32 Å². The van der Waals surface area contributed by atoms with Crippen molar-refractivity contribution in [3.8, 4) is 23.0 Å². The predicted molar refractivity (Wildman–Crippen MR) is 116 cm³/mol. The molecule has 2 aromatic rings. The quantitative estimate of drug-likeness (QED) is 0.610. The van der Waals surface area contributed by atoms with Crippen molar-refractivity contribution in [3.63, 3.8) is 0 Å². The second kappa shape index (κ2) is 11.8. The number of aliphatic imine (C=N–C) groups is 2. The molecule has 0 atom stereocenters. The fraction of sp³-hybridized carbons (Fsp3) is 0.364. The maximum absolute atomic E-state index is 10.3. The van der Waals surface area contributed by atoms with Gasteiger partial charge in [-0.1, -0.05) is 12.1 Å². The Morgan fingerprint density at radius 2 is 1.20 bits per heavy atom. The van der Waals surface area contributed by atoms with E-state index in [1.165, 1.54) is 0 Å². The van der Waals surface area contributed by atoms with E-state index < -0.39 is 0 Å². The normalized spacial score (nSPS) is 16.5. The smallest absolute Gasteiger partial charge is 0.166 e. The minimum absolute atomic E-state index is 0.0596. The molecular weight excluding hydrogens is 386 g/mol. The van der Waals surface area contributed by atoms with Gasteiger partial charge < -0.3 is 29.7 Å². The number of fused-ring (bicyclic) bond motifs is 4. The molecule has 1 aliphatic rings. The summed E-state index contributed by atoms with van der Waals surface area (Å²) in [4.78, 5) is 8.67. The number of ether oxygens (including phenoxy) is 3. The summed E-state index contributed by atoms with van der Waals surface area (Å²) in [6, 6.07) is 10.6. The van der Waals surface area contributed by atoms with Gasteiger partial charge in [0.1, 0.15) is 13.2 Å². The van der Waals surface area contributed by atoms with Gasteiger partial charge in [0.15, 0.2) is 23.0 Å². The van der Waals surface area contributed by atoms with Gasteiger partial charge in [-0.2, -0.15) is 0 Å². The van der Waals surface area contributed by atoms with E-state index in [4.69, 9.17) is 14.2 Å². The molecule has 0 saturated heterocycles. The Labute approximate surface area is 175 Å². The molecule has 30 heavy (non-hydrogen) atoms. The Hall–Kier alpha value is -3.10. The lowest BCUT2D eigenvalue weighted by Gasteiger charge is -2.11. The number of benzene rings is 2. The van der Waals surface area contributed by atoms with E-state index in [9.17, 15) is 10.2 Å². The fourth-order valence-electron chi connectivity index (χ4n) is 2.78. The van der Waals surface area contributed by atoms with Gasteiger partial charge in [-0.15, -0.1) is 0 Å². The molecule has 0 amide bonds. The highest BCUT2D eigenvalue weighted by Crippen LogP contribution is 2.29. The van der Waals surface area contributed by atoms with Crippen LogP contribution in [0.4, 0.5) is 0 Å². The minimum atomic E-state index is 0.0596. The molecule has 1 aliphatic heterocycles. The number of phenols is 2. The average molecular weight is 413 g/mol. The molecule has 3 rings (SSSR count). The van der Waals surface area contributed by atoms with Crippen molar-refractivity contribution < 1.29 is 24.4 Å². The van der Waals surface area contributed by atoms with Gasteiger partial charge in [0, 0.05) is 36.6 Å². The molecule has 2 aromatic carbocycles. The summed E-state index contributed by atoms with van der Waals surface area (Å²) in [6.07, 6.45) is 3.27. The molecule has 1 heterocycles. The van der Waals surface area contributed by atoms with Crippen molar-refractivity contribution in [1.29, 1.82) is 0 Å². The lowest BCUT2D eigenvalue weighted by molar-refractivity contribution is 0.0751. The molecule has 8 heteroatoms. The molecule has 0 aliphatic carbocycles. The van der Waals surface area contributed by atoms with Crippen LogP contribution in [0.1, 0.15) is 11.1 Å². The standard InChI is InChI=1S/C22H27N3O5/c26-21-17-3-1-5-19(21)29-13-11-28-12-14-30-20-6-2-4-18(22(20)27)16-25-10-8-23-7-9-24-15-17/h1-6,15-16,23,26-27H,7-14H2. The number of nitrogens with one attached hydrogen (secondary N) is 1. The Balaban J connectivity index is 1.63. The van der Waals surface area contributed by atoms with E-state index in [0.29, 0.717) is 62.0 Å². The van der Waals surface area contributed by atoms with E-state index in [2.05, 4.69) is 15.3 Å². The van der Waals surface area contributed by atoms with Gasteiger partial charge in [0.05, 0.1) is 26.3 Å². The number of phenolic OH excluding ortho intramolecular Hbond substituents is 2. The molecule has 8 nitrogen and oxygen atoms in total. The summed E-state index contributed by atoms with van der Waals surface area (Å²) in [7, 11) is 0. The molecule has 3 N–H and O–H groups in total. The highest BCUT2D eigenvalue weighted by Gasteiger charge is 2.08. The zero-order valence-corrected chi connectivity index (χ0v) is 16.8. The number of hydrogen-bond acceptors (Lipinski definition) is 8. The van der Waals surface area contributed by atoms with Crippen LogP contribution < -0.4 is 14.8 Å². The van der Waals surface area contributed by atoms with Crippen LogP contribution in [0.3, 0.4) is 0 Å². The zero-order chi connectivity index (χ0) is 21.0. The first-order valence-electron chi connectivity index (χ1n) is 9.93. The minimum Gasteiger partial charge on any atom is -0.504 e. The highest BCUT2D eigenvalue weighted by atomic mass is 16.5. The Bertz CT molecular complexity index is 800. The van der Waals surface area contributed by atoms with E-state index in [-0.39, 0.29) is 24.7 Å². The fourth-order valence-corrected chi connectivity index (χ4v) is 2.78. The third-order valence-corrected chi connectivity index (χ3v) is 4.33. The van der Waals surface area contributed by atoms with Gasteiger partial charge >= 0.3 is 0 Å². The summed E-state index contributed by atoms with van der Waals surface area (Å²) in [5.74, 6) is 0.895. The largest absolute Gasteiger partial charge is 0.504 e. The summed E-state index contributed by atoms with van der Waals surface area (Å²) in [5.41, 5.74) is 1.21. The third-order valence-electron chi connectivity index (χ3n) is 4.33. The van der Waals surface area contributed by atoms with Crippen LogP contribution in [0.5, 0.6) is 23.0 Å². The summed E-state index contributed by atoms with van der Waals surface area (Å²) in [6.45, 7) is 3.77. The van der Waals surface area contributed by atoms with Crippen molar-refractivity contribution in [3.05, 3.63) is 47.5 Å². The molecule has 160 valence electrons. The number of aromatic hydroxyl groups is 2. The monoisotopic (exact) mass is 413 g/mol. The maximum atomic E-state index is 10.3. The van der Waals surface area contributed by atoms with Gasteiger partial charge in [-0.25, -0.2) is 0 Å². The second-order valence-corrected chi connectivity index (χ2v) is 6.52. The SMILES string of the molecule is Oc1c2cccc1OCCOCCOc1cccc(c1O)C=NCCNCCN=C2. The van der Waals surface area contributed by atoms with E-state index >= 15 is 0 Å². The number of hydrogen-bond donors (Lipinski definition) is 3. The highest BCUT2D eigenvalue weighted by molar-refractivity contribution is 5.85. The summed E-state index contributed by atoms with van der Waals surface area (Å²) >= 11 is 0. The Kier molecular flexibility index (Phi) is 8.49. The zero-order valence-electron chi connectivity index (χ0n) is 16.8. The van der Waals surface area contributed by atoms with Crippen LogP contribution in [0, 0.1) is 0 Å². The lowest BCUT2D eigenvalue weighted by Crippen LogP contribution is -2.20. The lowest BCUT2D eigenvalue weighted by atomic mass is 10.2. The van der Waals surface area contributed by atoms with Crippen LogP contribution in [0.15, 0.2) is 46.4 Å². The predicted octanol–water partition coefficient (Wildman–Crippen LogP) is 2.01. The van der Waals surface area contributed by atoms with Gasteiger partial charge in [-0.3, -0.25) is 9.98 Å². The summed E-state index contributed by atoms with van der Waals surface area (Å²) in [5, 5.41) is 23.9. The third kappa shape index (κ3) is 6.47. The first-order chi connectivity index (χ1) is 14.8. The number of para-hydroxylation sites is 2. The van der Waals surface area contributed by atoms with Crippen molar-refractivity contribution >= 4 is 12.4 Å². The molecule has 4 bridgehead atoms. The van der Waals surface area contributed by atoms with Crippen molar-refractivity contribution in [2.24, 2.45) is 9.98 Å². The van der Waals surface area contributed by atoms with Crippen LogP contribution in [-0.2, 0) is 4.74 Å². The van der Waals surface area contributed by atoms with Crippen LogP contribution >= 0.6 is 0 Å². The van der Waals surface area contributed by atoms with E-state index in [1.54, 1.807) is 48.8 Å². The maximum Gasteiger partial charge on any atom is 0.166 e. The topological polar surface area (TPSA) is 105 Å². The Morgan fingerprint density at radius 1 is 0.700 bits per heavy atom. The van der Waals surface area contributed by atoms with E-state index in [0.717, 1.165) is 0 Å². The first kappa shape index (κ1) is 21.6. The van der Waals surface area contributed by atoms with Crippen LogP contribution in [0.25, 0.3) is 0 Å². The summed E-state index contributed by atoms with van der Waals surface area (Å²) < 4.78 is 16.7. The van der Waals surface area contributed by atoms with Crippen molar-refractivity contribution in [2.75, 3.05) is 52.6 Å². The van der Waals surface area contributed by atoms with E-state index in [1.807, 2.05) is 0 Å². The average Bonchev–Trinajstić information content (AvgIpc) is 2.75. The van der Waals surface area contributed by atoms with Crippen LogP contribution in [-0.4, -0.2) is 75.2 Å². The molecule has 0 saturated carbocycles.